The van der Waals surface area contributed by atoms with Crippen LogP contribution in [0.2, 0.25) is 0 Å². The average molecular weight is 315 g/mol. The number of ether oxygens (including phenoxy) is 1. The number of nitrogens with two attached hydrogens (primary N) is 1. The second-order valence-corrected chi connectivity index (χ2v) is 5.34. The summed E-state index contributed by atoms with van der Waals surface area (Å²) in [6.07, 6.45) is 6.33. The van der Waals surface area contributed by atoms with Crippen molar-refractivity contribution in [3.8, 4) is 0 Å². The highest BCUT2D eigenvalue weighted by molar-refractivity contribution is 7.80. The van der Waals surface area contributed by atoms with Crippen LogP contribution in [0.1, 0.15) is 37.3 Å². The van der Waals surface area contributed by atoms with E-state index in [0.717, 1.165) is 12.8 Å². The minimum atomic E-state index is -0.738. The molecule has 1 aliphatic carbocycles. The van der Waals surface area contributed by atoms with Gasteiger partial charge in [0.1, 0.15) is 5.92 Å². The number of hydrogen-bond donors (Lipinski definition) is 1. The number of nitrogens with zero attached hydrogens (tertiary/aromatic N) is 1. The van der Waals surface area contributed by atoms with Gasteiger partial charge in [0, 0.05) is 6.20 Å². The Labute approximate surface area is 130 Å². The second kappa shape index (κ2) is 8.17. The number of carbonyl (C=O) groups excluding carboxylic acids is 1. The molecule has 1 saturated carbocycles. The Bertz CT molecular complexity index is 450. The number of hydrogen-bond acceptors (Lipinski definition) is 4. The molecule has 1 atom stereocenters. The number of halogens is 1. The van der Waals surface area contributed by atoms with Crippen molar-refractivity contribution in [2.24, 2.45) is 11.7 Å². The van der Waals surface area contributed by atoms with E-state index in [4.69, 9.17) is 22.7 Å². The highest BCUT2D eigenvalue weighted by Gasteiger charge is 2.27. The smallest absolute Gasteiger partial charge is 0.322 e. The zero-order valence-electron chi connectivity index (χ0n) is 11.2. The standard InChI is InChI=1S/C14H18N2O2S.ClH/c15-13(19)12(11-7-3-4-8-16-11)14(17)18-9-10-5-1-2-6-10;/h3-4,7-8,10,12H,1-2,5-6,9H2,(H2,15,19);1H. The van der Waals surface area contributed by atoms with Crippen molar-refractivity contribution in [3.05, 3.63) is 30.1 Å². The van der Waals surface area contributed by atoms with Crippen LogP contribution in [0.25, 0.3) is 0 Å². The predicted molar refractivity (Wildman–Crippen MR) is 83.9 cm³/mol. The summed E-state index contributed by atoms with van der Waals surface area (Å²) in [5.74, 6) is -0.643. The number of pyridine rings is 1. The molecule has 1 heterocycles. The molecular weight excluding hydrogens is 296 g/mol. The van der Waals surface area contributed by atoms with Gasteiger partial charge in [-0.05, 0) is 30.9 Å². The van der Waals surface area contributed by atoms with E-state index in [-0.39, 0.29) is 17.4 Å². The Balaban J connectivity index is 0.00000200. The lowest BCUT2D eigenvalue weighted by molar-refractivity contribution is -0.145. The first kappa shape index (κ1) is 16.9. The van der Waals surface area contributed by atoms with E-state index >= 15 is 0 Å². The molecule has 110 valence electrons. The van der Waals surface area contributed by atoms with Crippen LogP contribution in [0, 0.1) is 5.92 Å². The van der Waals surface area contributed by atoms with Gasteiger partial charge in [-0.25, -0.2) is 0 Å². The number of rotatable bonds is 5. The lowest BCUT2D eigenvalue weighted by atomic mass is 10.1. The molecule has 1 fully saturated rings. The van der Waals surface area contributed by atoms with E-state index in [1.807, 2.05) is 0 Å². The van der Waals surface area contributed by atoms with Crippen LogP contribution in [0.4, 0.5) is 0 Å². The Hall–Kier alpha value is -1.20. The molecule has 0 amide bonds. The van der Waals surface area contributed by atoms with Crippen molar-refractivity contribution >= 4 is 35.6 Å². The van der Waals surface area contributed by atoms with Crippen molar-refractivity contribution in [1.82, 2.24) is 4.98 Å². The third-order valence-corrected chi connectivity index (χ3v) is 3.68. The molecule has 0 saturated heterocycles. The van der Waals surface area contributed by atoms with E-state index in [2.05, 4.69) is 4.98 Å². The van der Waals surface area contributed by atoms with Crippen LogP contribution in [0.5, 0.6) is 0 Å². The van der Waals surface area contributed by atoms with Gasteiger partial charge in [-0.1, -0.05) is 31.1 Å². The van der Waals surface area contributed by atoms with Crippen molar-refractivity contribution in [3.63, 3.8) is 0 Å². The van der Waals surface area contributed by atoms with Crippen LogP contribution in [-0.2, 0) is 9.53 Å². The quantitative estimate of drug-likeness (QED) is 0.668. The molecule has 1 aromatic rings. The molecule has 0 aliphatic heterocycles. The number of carbonyl (C=O) groups is 1. The van der Waals surface area contributed by atoms with Crippen LogP contribution in [0.15, 0.2) is 24.4 Å². The SMILES string of the molecule is Cl.NC(=S)C(C(=O)OCC1CCCC1)c1ccccn1. The molecule has 20 heavy (non-hydrogen) atoms. The van der Waals surface area contributed by atoms with E-state index in [1.54, 1.807) is 24.4 Å². The highest BCUT2D eigenvalue weighted by atomic mass is 35.5. The van der Waals surface area contributed by atoms with Gasteiger partial charge in [0.15, 0.2) is 0 Å². The maximum atomic E-state index is 12.1. The second-order valence-electron chi connectivity index (χ2n) is 4.87. The van der Waals surface area contributed by atoms with Gasteiger partial charge in [0.25, 0.3) is 0 Å². The molecule has 1 aliphatic rings. The molecule has 0 radical (unpaired) electrons. The van der Waals surface area contributed by atoms with Crippen molar-refractivity contribution in [2.45, 2.75) is 31.6 Å². The Kier molecular flexibility index (Phi) is 6.88. The minimum absolute atomic E-state index is 0. The van der Waals surface area contributed by atoms with Crippen molar-refractivity contribution in [2.75, 3.05) is 6.61 Å². The fourth-order valence-electron chi connectivity index (χ4n) is 2.39. The zero-order chi connectivity index (χ0) is 13.7. The van der Waals surface area contributed by atoms with Gasteiger partial charge in [-0.15, -0.1) is 12.4 Å². The molecule has 1 unspecified atom stereocenters. The summed E-state index contributed by atoms with van der Waals surface area (Å²) < 4.78 is 5.36. The molecular formula is C14H19ClN2O2S. The first-order valence-electron chi connectivity index (χ1n) is 6.55. The number of thiocarbonyl (C=S) groups is 1. The average Bonchev–Trinajstić information content (AvgIpc) is 2.90. The van der Waals surface area contributed by atoms with Crippen molar-refractivity contribution in [1.29, 1.82) is 0 Å². The van der Waals surface area contributed by atoms with Gasteiger partial charge < -0.3 is 10.5 Å². The third kappa shape index (κ3) is 4.42. The number of esters is 1. The fourth-order valence-corrected chi connectivity index (χ4v) is 2.61. The fraction of sp³-hybridized carbons (Fsp3) is 0.500. The molecule has 0 aromatic carbocycles. The summed E-state index contributed by atoms with van der Waals surface area (Å²) >= 11 is 4.96. The molecule has 1 aromatic heterocycles. The predicted octanol–water partition coefficient (Wildman–Crippen LogP) is 2.61. The van der Waals surface area contributed by atoms with Gasteiger partial charge in [-0.3, -0.25) is 9.78 Å². The van der Waals surface area contributed by atoms with Crippen LogP contribution < -0.4 is 5.73 Å². The normalized spacial score (nSPS) is 16.2. The summed E-state index contributed by atoms with van der Waals surface area (Å²) in [6.45, 7) is 0.463. The first-order chi connectivity index (χ1) is 9.18. The molecule has 2 rings (SSSR count). The summed E-state index contributed by atoms with van der Waals surface area (Å²) in [4.78, 5) is 16.4. The van der Waals surface area contributed by atoms with Crippen LogP contribution >= 0.6 is 24.6 Å². The first-order valence-corrected chi connectivity index (χ1v) is 6.96. The summed E-state index contributed by atoms with van der Waals surface area (Å²) in [7, 11) is 0. The zero-order valence-corrected chi connectivity index (χ0v) is 12.8. The van der Waals surface area contributed by atoms with Crippen LogP contribution in [0.3, 0.4) is 0 Å². The maximum Gasteiger partial charge on any atom is 0.322 e. The highest BCUT2D eigenvalue weighted by Crippen LogP contribution is 2.25. The molecule has 4 nitrogen and oxygen atoms in total. The number of aromatic nitrogens is 1. The lowest BCUT2D eigenvalue weighted by Gasteiger charge is -2.16. The van der Waals surface area contributed by atoms with E-state index in [0.29, 0.717) is 18.2 Å². The Morgan fingerprint density at radius 2 is 2.15 bits per heavy atom. The summed E-state index contributed by atoms with van der Waals surface area (Å²) in [5, 5.41) is 0. The van der Waals surface area contributed by atoms with Crippen molar-refractivity contribution < 1.29 is 9.53 Å². The topological polar surface area (TPSA) is 65.2 Å². The van der Waals surface area contributed by atoms with Gasteiger partial charge in [0.05, 0.1) is 17.3 Å². The Morgan fingerprint density at radius 3 is 2.70 bits per heavy atom. The largest absolute Gasteiger partial charge is 0.465 e. The van der Waals surface area contributed by atoms with Gasteiger partial charge in [-0.2, -0.15) is 0 Å². The minimum Gasteiger partial charge on any atom is -0.465 e. The summed E-state index contributed by atoms with van der Waals surface area (Å²) in [5.41, 5.74) is 6.19. The van der Waals surface area contributed by atoms with E-state index in [9.17, 15) is 4.79 Å². The third-order valence-electron chi connectivity index (χ3n) is 3.44. The van der Waals surface area contributed by atoms with E-state index < -0.39 is 11.9 Å². The lowest BCUT2D eigenvalue weighted by Crippen LogP contribution is -2.30. The molecule has 0 bridgehead atoms. The monoisotopic (exact) mass is 314 g/mol. The molecule has 0 spiro atoms. The van der Waals surface area contributed by atoms with E-state index in [1.165, 1.54) is 12.8 Å². The van der Waals surface area contributed by atoms with Gasteiger partial charge in [0.2, 0.25) is 0 Å². The summed E-state index contributed by atoms with van der Waals surface area (Å²) in [6, 6.07) is 5.32. The Morgan fingerprint density at radius 1 is 1.45 bits per heavy atom. The molecule has 6 heteroatoms. The van der Waals surface area contributed by atoms with Gasteiger partial charge >= 0.3 is 5.97 Å². The molecule has 2 N–H and O–H groups in total. The maximum absolute atomic E-state index is 12.1. The van der Waals surface area contributed by atoms with Crippen LogP contribution in [-0.4, -0.2) is 22.5 Å².